The van der Waals surface area contributed by atoms with Gasteiger partial charge in [-0.05, 0) is 115 Å². The highest BCUT2D eigenvalue weighted by Gasteiger charge is 2.44. The zero-order valence-electron chi connectivity index (χ0n) is 38.8. The lowest BCUT2D eigenvalue weighted by Crippen LogP contribution is -2.48. The lowest BCUT2D eigenvalue weighted by atomic mass is 9.90. The highest BCUT2D eigenvalue weighted by atomic mass is 35.5. The number of hydrogen-bond acceptors (Lipinski definition) is 8. The number of carboxylic acid groups (broad SMARTS) is 2. The van der Waals surface area contributed by atoms with Crippen molar-refractivity contribution in [1.29, 1.82) is 0 Å². The van der Waals surface area contributed by atoms with E-state index in [1.54, 1.807) is 0 Å². The molecule has 0 unspecified atom stereocenters. The number of hydrogen-bond donors (Lipinski definition) is 3. The van der Waals surface area contributed by atoms with Crippen LogP contribution in [0.2, 0.25) is 10.0 Å². The number of pyridine rings is 1. The topological polar surface area (TPSA) is 123 Å². The van der Waals surface area contributed by atoms with Crippen LogP contribution >= 0.6 is 35.0 Å². The van der Waals surface area contributed by atoms with E-state index in [-0.39, 0.29) is 29.7 Å². The number of halogens is 2. The number of thioether (sulfide) groups is 1. The van der Waals surface area contributed by atoms with Crippen molar-refractivity contribution in [1.82, 2.24) is 14.8 Å². The smallest absolute Gasteiger partial charge is 0.329 e. The molecule has 0 radical (unpaired) electrons. The monoisotopic (exact) mass is 973 g/mol. The van der Waals surface area contributed by atoms with Gasteiger partial charge in [-0.25, -0.2) is 9.78 Å². The molecule has 1 aliphatic carbocycles. The second-order valence-electron chi connectivity index (χ2n) is 18.4. The van der Waals surface area contributed by atoms with E-state index >= 15 is 0 Å². The highest BCUT2D eigenvalue weighted by molar-refractivity contribution is 7.99. The predicted octanol–water partition coefficient (Wildman–Crippen LogP) is 12.1. The van der Waals surface area contributed by atoms with Gasteiger partial charge in [0, 0.05) is 59.2 Å². The molecule has 0 amide bonds. The molecule has 2 fully saturated rings. The van der Waals surface area contributed by atoms with E-state index in [9.17, 15) is 19.8 Å². The van der Waals surface area contributed by atoms with Crippen LogP contribution in [0.1, 0.15) is 89.9 Å². The minimum Gasteiger partial charge on any atom is -0.481 e. The number of aliphatic carboxylic acids is 2. The van der Waals surface area contributed by atoms with Crippen LogP contribution in [0.5, 0.6) is 0 Å². The van der Waals surface area contributed by atoms with Gasteiger partial charge in [0.05, 0.1) is 35.9 Å². The number of ether oxygens (including phenoxy) is 1. The molecule has 0 spiro atoms. The van der Waals surface area contributed by atoms with Crippen LogP contribution in [-0.4, -0.2) is 93.7 Å². The molecule has 0 bridgehead atoms. The van der Waals surface area contributed by atoms with Crippen molar-refractivity contribution >= 4 is 70.0 Å². The summed E-state index contributed by atoms with van der Waals surface area (Å²) in [6.45, 7) is 8.41. The number of rotatable bonds is 20. The van der Waals surface area contributed by atoms with Crippen molar-refractivity contribution < 1.29 is 29.6 Å². The first-order chi connectivity index (χ1) is 32.7. The molecule has 6 aromatic rings. The summed E-state index contributed by atoms with van der Waals surface area (Å²) in [5.74, 6) is -0.801. The molecular formula is C56H61Cl2N3O6S. The minimum atomic E-state index is -0.923. The highest BCUT2D eigenvalue weighted by Crippen LogP contribution is 2.53. The Morgan fingerprint density at radius 2 is 1.46 bits per heavy atom. The molecule has 1 aromatic heterocycles. The largest absolute Gasteiger partial charge is 0.481 e. The van der Waals surface area contributed by atoms with Gasteiger partial charge in [-0.15, -0.1) is 0 Å². The fourth-order valence-corrected chi connectivity index (χ4v) is 10.7. The van der Waals surface area contributed by atoms with Crippen molar-refractivity contribution in [2.24, 2.45) is 5.41 Å². The summed E-state index contributed by atoms with van der Waals surface area (Å²) in [6, 6.07) is 45.3. The second-order valence-corrected chi connectivity index (χ2v) is 20.5. The Balaban J connectivity index is 0.000000220. The number of piperazine rings is 1. The summed E-state index contributed by atoms with van der Waals surface area (Å²) in [6.07, 6.45) is 8.02. The standard InChI is InChI=1S/C35H36ClNO3S.C21H25ClN2O3/c1-34(2,40)30-9-4-3-7-25(30)13-17-32(41-23-35(18-19-35)22-33(38)39)27-8-5-6-24(20-27)10-15-29-16-12-26-11-14-28(36)21-31(26)37-29;22-19-8-6-18(7-9-19)21(17-4-2-1-3-5-17)24-12-10-23(11-13-24)14-15-27-16-20(25)26/h3-12,14-16,20-21,32,40H,13,17-19,22-23H2,1-2H3,(H,38,39);1-9,21H,10-16H2,(H,25,26)/b15-10+;/t32-;21-/m11/s1. The van der Waals surface area contributed by atoms with Gasteiger partial charge in [0.25, 0.3) is 0 Å². The molecule has 1 saturated heterocycles. The molecule has 2 heterocycles. The maximum atomic E-state index is 11.5. The maximum absolute atomic E-state index is 11.5. The quantitative estimate of drug-likeness (QED) is 0.0637. The van der Waals surface area contributed by atoms with E-state index in [1.165, 1.54) is 16.7 Å². The summed E-state index contributed by atoms with van der Waals surface area (Å²) < 4.78 is 5.15. The average Bonchev–Trinajstić information content (AvgIpc) is 4.09. The molecule has 5 aromatic carbocycles. The summed E-state index contributed by atoms with van der Waals surface area (Å²) in [5, 5.41) is 31.5. The molecule has 8 rings (SSSR count). The summed E-state index contributed by atoms with van der Waals surface area (Å²) in [5.41, 5.74) is 7.67. The third kappa shape index (κ3) is 15.0. The molecule has 9 nitrogen and oxygen atoms in total. The lowest BCUT2D eigenvalue weighted by molar-refractivity contribution is -0.142. The number of aryl methyl sites for hydroxylation is 1. The maximum Gasteiger partial charge on any atom is 0.329 e. The fraction of sp³-hybridized carbons (Fsp3) is 0.339. The third-order valence-electron chi connectivity index (χ3n) is 12.7. The van der Waals surface area contributed by atoms with Crippen LogP contribution in [0.4, 0.5) is 0 Å². The van der Waals surface area contributed by atoms with Crippen LogP contribution in [0.15, 0.2) is 133 Å². The summed E-state index contributed by atoms with van der Waals surface area (Å²) in [7, 11) is 0. The Kier molecular flexibility index (Phi) is 17.9. The number of nitrogens with zero attached hydrogens (tertiary/aromatic N) is 3. The molecule has 2 atom stereocenters. The molecule has 68 heavy (non-hydrogen) atoms. The van der Waals surface area contributed by atoms with E-state index in [0.29, 0.717) is 11.6 Å². The van der Waals surface area contributed by atoms with Gasteiger partial charge in [0.2, 0.25) is 0 Å². The van der Waals surface area contributed by atoms with Gasteiger partial charge in [-0.2, -0.15) is 11.8 Å². The van der Waals surface area contributed by atoms with E-state index in [2.05, 4.69) is 88.7 Å². The van der Waals surface area contributed by atoms with Gasteiger partial charge in [0.15, 0.2) is 0 Å². The molecule has 12 heteroatoms. The number of benzene rings is 5. The second kappa shape index (κ2) is 24.0. The zero-order valence-corrected chi connectivity index (χ0v) is 41.1. The van der Waals surface area contributed by atoms with Crippen LogP contribution in [0, 0.1) is 5.41 Å². The first kappa shape index (κ1) is 50.8. The van der Waals surface area contributed by atoms with Gasteiger partial charge < -0.3 is 20.1 Å². The van der Waals surface area contributed by atoms with Crippen molar-refractivity contribution in [3.05, 3.63) is 183 Å². The number of carboxylic acids is 2. The molecular weight excluding hydrogens is 914 g/mol. The molecule has 1 saturated carbocycles. The number of fused-ring (bicyclic) bond motifs is 1. The van der Waals surface area contributed by atoms with Gasteiger partial charge in [0.1, 0.15) is 6.61 Å². The van der Waals surface area contributed by atoms with Crippen molar-refractivity contribution in [2.45, 2.75) is 62.8 Å². The van der Waals surface area contributed by atoms with Crippen molar-refractivity contribution in [2.75, 3.05) is 51.7 Å². The Hall–Kier alpha value is -5.04. The van der Waals surface area contributed by atoms with Gasteiger partial charge in [-0.1, -0.05) is 132 Å². The molecule has 2 aliphatic rings. The Morgan fingerprint density at radius 3 is 2.16 bits per heavy atom. The first-order valence-corrected chi connectivity index (χ1v) is 25.1. The average molecular weight is 975 g/mol. The van der Waals surface area contributed by atoms with Gasteiger partial charge in [-0.3, -0.25) is 14.6 Å². The van der Waals surface area contributed by atoms with Crippen LogP contribution in [0.3, 0.4) is 0 Å². The summed E-state index contributed by atoms with van der Waals surface area (Å²) >= 11 is 14.1. The van der Waals surface area contributed by atoms with Crippen LogP contribution < -0.4 is 0 Å². The summed E-state index contributed by atoms with van der Waals surface area (Å²) in [4.78, 5) is 31.5. The molecule has 356 valence electrons. The van der Waals surface area contributed by atoms with Crippen LogP contribution in [-0.2, 0) is 26.3 Å². The fourth-order valence-electron chi connectivity index (χ4n) is 8.85. The molecule has 1 aliphatic heterocycles. The molecule has 3 N–H and O–H groups in total. The predicted molar refractivity (Wildman–Crippen MR) is 277 cm³/mol. The van der Waals surface area contributed by atoms with E-state index in [1.807, 2.05) is 92.3 Å². The minimum absolute atomic E-state index is 0.0814. The number of aliphatic hydroxyl groups is 1. The Labute approximate surface area is 414 Å². The van der Waals surface area contributed by atoms with E-state index in [4.69, 9.17) is 38.0 Å². The van der Waals surface area contributed by atoms with E-state index in [0.717, 1.165) is 102 Å². The van der Waals surface area contributed by atoms with Crippen LogP contribution in [0.25, 0.3) is 23.1 Å². The normalized spacial score (nSPS) is 16.0. The lowest BCUT2D eigenvalue weighted by Gasteiger charge is -2.39. The SMILES string of the molecule is CC(C)(O)c1ccccc1CC[C@@H](SCC1(CC(=O)O)CC1)c1cccc(/C=C/c2ccc3ccc(Cl)cc3n2)c1.O=C(O)COCCN1CCN([C@H](c2ccccc2)c2ccc(Cl)cc2)CC1. The van der Waals surface area contributed by atoms with Crippen molar-refractivity contribution in [3.8, 4) is 0 Å². The number of aromatic nitrogens is 1. The van der Waals surface area contributed by atoms with E-state index < -0.39 is 17.5 Å². The first-order valence-electron chi connectivity index (χ1n) is 23.3. The zero-order chi connectivity index (χ0) is 48.1. The van der Waals surface area contributed by atoms with Crippen molar-refractivity contribution in [3.63, 3.8) is 0 Å². The van der Waals surface area contributed by atoms with Gasteiger partial charge >= 0.3 is 11.9 Å². The number of carbonyl (C=O) groups is 2. The third-order valence-corrected chi connectivity index (χ3v) is 14.9. The Morgan fingerprint density at radius 1 is 0.779 bits per heavy atom. The Bertz CT molecular complexity index is 2630.